The van der Waals surface area contributed by atoms with Gasteiger partial charge in [-0.05, 0) is 73.6 Å². The van der Waals surface area contributed by atoms with Crippen molar-refractivity contribution < 1.29 is 14.3 Å². The van der Waals surface area contributed by atoms with Crippen molar-refractivity contribution in [3.8, 4) is 17.1 Å². The lowest BCUT2D eigenvalue weighted by Crippen LogP contribution is -2.41. The fraction of sp³-hybridized carbons (Fsp3) is 0.440. The van der Waals surface area contributed by atoms with Gasteiger partial charge in [0.2, 0.25) is 11.7 Å². The highest BCUT2D eigenvalue weighted by Gasteiger charge is 2.23. The Labute approximate surface area is 209 Å². The van der Waals surface area contributed by atoms with Crippen molar-refractivity contribution in [3.63, 3.8) is 0 Å². The number of pyridine rings is 1. The second-order valence-electron chi connectivity index (χ2n) is 9.07. The van der Waals surface area contributed by atoms with Crippen LogP contribution >= 0.6 is 0 Å². The van der Waals surface area contributed by atoms with Crippen LogP contribution in [0.4, 0.5) is 0 Å². The van der Waals surface area contributed by atoms with E-state index in [2.05, 4.69) is 31.0 Å². The number of nitrogens with zero attached hydrogens (tertiary/aromatic N) is 5. The average molecular weight is 493 g/mol. The number of carbonyl (C=O) groups excluding carboxylic acids is 2. The number of benzene rings is 1. The maximum atomic E-state index is 12.8. The topological polar surface area (TPSA) is 150 Å². The van der Waals surface area contributed by atoms with E-state index < -0.39 is 0 Å². The van der Waals surface area contributed by atoms with E-state index >= 15 is 0 Å². The number of rotatable bonds is 9. The first kappa shape index (κ1) is 25.2. The van der Waals surface area contributed by atoms with Crippen LogP contribution in [-0.2, 0) is 17.9 Å². The molecule has 0 bridgehead atoms. The minimum absolute atomic E-state index is 0.0195. The van der Waals surface area contributed by atoms with Crippen LogP contribution in [0.1, 0.15) is 47.4 Å². The van der Waals surface area contributed by atoms with Gasteiger partial charge in [-0.1, -0.05) is 12.1 Å². The number of tetrazole rings is 1. The first-order chi connectivity index (χ1) is 17.4. The molecule has 0 unspecified atom stereocenters. The lowest BCUT2D eigenvalue weighted by molar-refractivity contribution is -0.120. The van der Waals surface area contributed by atoms with E-state index in [4.69, 9.17) is 10.5 Å². The van der Waals surface area contributed by atoms with E-state index in [0.717, 1.165) is 37.0 Å². The Hall–Kier alpha value is -3.86. The van der Waals surface area contributed by atoms with E-state index in [1.54, 1.807) is 18.0 Å². The minimum Gasteiger partial charge on any atom is -0.497 e. The monoisotopic (exact) mass is 492 g/mol. The van der Waals surface area contributed by atoms with Crippen LogP contribution in [0.15, 0.2) is 36.4 Å². The third-order valence-electron chi connectivity index (χ3n) is 6.30. The number of aromatic nitrogens is 5. The number of nitrogens with two attached hydrogens (primary N) is 1. The van der Waals surface area contributed by atoms with Crippen molar-refractivity contribution in [2.24, 2.45) is 11.7 Å². The molecule has 4 rings (SSSR count). The largest absolute Gasteiger partial charge is 0.497 e. The Morgan fingerprint density at radius 2 is 1.97 bits per heavy atom. The van der Waals surface area contributed by atoms with Crippen molar-refractivity contribution in [1.29, 1.82) is 0 Å². The maximum Gasteiger partial charge on any atom is 0.270 e. The summed E-state index contributed by atoms with van der Waals surface area (Å²) in [6.45, 7) is 2.86. The number of aryl methyl sites for hydroxylation is 1. The lowest BCUT2D eigenvalue weighted by Gasteiger charge is -2.28. The zero-order valence-electron chi connectivity index (χ0n) is 20.6. The van der Waals surface area contributed by atoms with Gasteiger partial charge < -0.3 is 21.1 Å². The molecule has 0 spiro atoms. The van der Waals surface area contributed by atoms with Gasteiger partial charge in [0, 0.05) is 23.8 Å². The zero-order chi connectivity index (χ0) is 25.5. The van der Waals surface area contributed by atoms with Crippen molar-refractivity contribution >= 4 is 11.8 Å². The Morgan fingerprint density at radius 1 is 1.17 bits per heavy atom. The second-order valence-corrected chi connectivity index (χ2v) is 9.07. The summed E-state index contributed by atoms with van der Waals surface area (Å²) in [7, 11) is 1.61. The van der Waals surface area contributed by atoms with Gasteiger partial charge in [-0.3, -0.25) is 9.59 Å². The van der Waals surface area contributed by atoms with Crippen molar-refractivity contribution in [1.82, 2.24) is 35.8 Å². The average Bonchev–Trinajstić information content (AvgIpc) is 3.36. The van der Waals surface area contributed by atoms with Gasteiger partial charge in [-0.15, -0.1) is 10.2 Å². The predicted octanol–water partition coefficient (Wildman–Crippen LogP) is 1.62. The molecule has 3 aromatic rings. The molecule has 0 atom stereocenters. The van der Waals surface area contributed by atoms with Crippen LogP contribution in [-0.4, -0.2) is 56.7 Å². The Bertz CT molecular complexity index is 1200. The smallest absolute Gasteiger partial charge is 0.270 e. The fourth-order valence-electron chi connectivity index (χ4n) is 4.41. The van der Waals surface area contributed by atoms with E-state index in [9.17, 15) is 9.59 Å². The van der Waals surface area contributed by atoms with Gasteiger partial charge in [0.25, 0.3) is 5.91 Å². The number of hydrogen-bond acceptors (Lipinski definition) is 8. The number of hydrogen-bond donors (Lipinski definition) is 3. The summed E-state index contributed by atoms with van der Waals surface area (Å²) in [5.74, 6) is 1.20. The highest BCUT2D eigenvalue weighted by molar-refractivity contribution is 5.93. The highest BCUT2D eigenvalue weighted by atomic mass is 16.5. The maximum absolute atomic E-state index is 12.8. The molecular formula is C25H32N8O3. The first-order valence-corrected chi connectivity index (χ1v) is 12.1. The Kier molecular flexibility index (Phi) is 8.21. The van der Waals surface area contributed by atoms with Crippen LogP contribution in [0.3, 0.4) is 0 Å². The van der Waals surface area contributed by atoms with E-state index in [0.29, 0.717) is 41.8 Å². The van der Waals surface area contributed by atoms with Gasteiger partial charge >= 0.3 is 0 Å². The summed E-state index contributed by atoms with van der Waals surface area (Å²) in [6, 6.07) is 11.2. The number of methoxy groups -OCH3 is 1. The second kappa shape index (κ2) is 11.7. The third-order valence-corrected chi connectivity index (χ3v) is 6.30. The van der Waals surface area contributed by atoms with Gasteiger partial charge in [0.1, 0.15) is 11.4 Å². The van der Waals surface area contributed by atoms with Crippen LogP contribution in [0, 0.1) is 12.8 Å². The molecule has 2 heterocycles. The van der Waals surface area contributed by atoms with Crippen molar-refractivity contribution in [2.75, 3.05) is 13.7 Å². The Balaban J connectivity index is 1.36. The third kappa shape index (κ3) is 6.63. The highest BCUT2D eigenvalue weighted by Crippen LogP contribution is 2.26. The summed E-state index contributed by atoms with van der Waals surface area (Å²) in [4.78, 5) is 30.3. The van der Waals surface area contributed by atoms with Crippen LogP contribution in [0.25, 0.3) is 11.4 Å². The lowest BCUT2D eigenvalue weighted by atomic mass is 9.86. The van der Waals surface area contributed by atoms with E-state index in [-0.39, 0.29) is 24.4 Å². The van der Waals surface area contributed by atoms with Crippen LogP contribution in [0.2, 0.25) is 0 Å². The van der Waals surface area contributed by atoms with E-state index in [1.165, 1.54) is 0 Å². The van der Waals surface area contributed by atoms with Crippen molar-refractivity contribution in [2.45, 2.75) is 51.7 Å². The molecule has 36 heavy (non-hydrogen) atoms. The summed E-state index contributed by atoms with van der Waals surface area (Å²) in [6.07, 6.45) is 3.77. The number of carbonyl (C=O) groups is 2. The molecule has 11 heteroatoms. The summed E-state index contributed by atoms with van der Waals surface area (Å²) in [5, 5.41) is 18.8. The molecule has 1 aliphatic rings. The van der Waals surface area contributed by atoms with Gasteiger partial charge in [0.15, 0.2) is 0 Å². The molecule has 0 aliphatic heterocycles. The molecule has 11 nitrogen and oxygen atoms in total. The Morgan fingerprint density at radius 3 is 2.72 bits per heavy atom. The fourth-order valence-corrected chi connectivity index (χ4v) is 4.41. The number of amides is 2. The molecule has 1 aliphatic carbocycles. The van der Waals surface area contributed by atoms with Gasteiger partial charge in [0.05, 0.1) is 20.2 Å². The van der Waals surface area contributed by atoms with Crippen LogP contribution in [0.5, 0.6) is 5.75 Å². The SMILES string of the molecule is COc1cccc(CNC(=O)c2cc(-c3nnn(C[C@H]4CC[C@@H](NC(=O)CN)CC4)n3)cc(C)n2)c1. The molecular weight excluding hydrogens is 460 g/mol. The predicted molar refractivity (Wildman–Crippen MR) is 133 cm³/mol. The standard InChI is InChI=1S/C25H32N8O3/c1-16-10-19(12-22(28-16)25(35)27-14-18-4-3-5-21(11-18)36-2)24-30-32-33(31-24)15-17-6-8-20(9-7-17)29-23(34)13-26/h3-5,10-12,17,20H,6-9,13-15,26H2,1-2H3,(H,27,35)(H,29,34)/t17-,20+. The minimum atomic E-state index is -0.284. The molecule has 2 aromatic heterocycles. The molecule has 1 aromatic carbocycles. The quantitative estimate of drug-likeness (QED) is 0.408. The molecule has 4 N–H and O–H groups in total. The number of nitrogens with one attached hydrogen (secondary N) is 2. The molecule has 2 amide bonds. The first-order valence-electron chi connectivity index (χ1n) is 12.1. The van der Waals surface area contributed by atoms with Crippen LogP contribution < -0.4 is 21.1 Å². The normalized spacial score (nSPS) is 17.4. The molecule has 190 valence electrons. The summed E-state index contributed by atoms with van der Waals surface area (Å²) in [5.41, 5.74) is 7.98. The molecule has 1 saturated carbocycles. The van der Waals surface area contributed by atoms with Gasteiger partial charge in [-0.2, -0.15) is 4.80 Å². The molecule has 1 fully saturated rings. The molecule has 0 radical (unpaired) electrons. The van der Waals surface area contributed by atoms with E-state index in [1.807, 2.05) is 37.3 Å². The summed E-state index contributed by atoms with van der Waals surface area (Å²) < 4.78 is 5.23. The van der Waals surface area contributed by atoms with Crippen molar-refractivity contribution in [3.05, 3.63) is 53.3 Å². The van der Waals surface area contributed by atoms with Gasteiger partial charge in [-0.25, -0.2) is 4.98 Å². The molecule has 0 saturated heterocycles. The zero-order valence-corrected chi connectivity index (χ0v) is 20.6. The summed E-state index contributed by atoms with van der Waals surface area (Å²) >= 11 is 0. The number of ether oxygens (including phenoxy) is 1.